The summed E-state index contributed by atoms with van der Waals surface area (Å²) in [6, 6.07) is 19.2. The second kappa shape index (κ2) is 7.05. The van der Waals surface area contributed by atoms with Crippen LogP contribution < -0.4 is 10.2 Å². The molecule has 1 N–H and O–H groups in total. The largest absolute Gasteiger partial charge is 0.325 e. The van der Waals surface area contributed by atoms with Crippen molar-refractivity contribution in [2.75, 3.05) is 16.8 Å². The zero-order valence-electron chi connectivity index (χ0n) is 14.9. The molecule has 1 aliphatic heterocycles. The molecule has 0 radical (unpaired) electrons. The fourth-order valence-corrected chi connectivity index (χ4v) is 3.63. The molecular formula is C22H19ClN2O2. The molecule has 0 spiro atoms. The topological polar surface area (TPSA) is 49.4 Å². The SMILES string of the molecule is Cc1ccc(N2C[C@@H](C(=O)Nc3cccc4ccccc34)CC2=O)cc1Cl. The van der Waals surface area contributed by atoms with Crippen molar-refractivity contribution in [3.05, 3.63) is 71.2 Å². The third kappa shape index (κ3) is 3.40. The van der Waals surface area contributed by atoms with E-state index in [1.54, 1.807) is 11.0 Å². The van der Waals surface area contributed by atoms with Gasteiger partial charge in [-0.05, 0) is 36.1 Å². The minimum absolute atomic E-state index is 0.0620. The average molecular weight is 379 g/mol. The molecule has 0 saturated carbocycles. The maximum atomic E-state index is 12.8. The first-order valence-corrected chi connectivity index (χ1v) is 9.26. The van der Waals surface area contributed by atoms with Gasteiger partial charge in [-0.1, -0.05) is 54.1 Å². The molecule has 0 unspecified atom stereocenters. The van der Waals surface area contributed by atoms with Crippen molar-refractivity contribution in [3.8, 4) is 0 Å². The molecule has 1 saturated heterocycles. The molecule has 1 fully saturated rings. The van der Waals surface area contributed by atoms with Crippen LogP contribution >= 0.6 is 11.6 Å². The minimum Gasteiger partial charge on any atom is -0.325 e. The quantitative estimate of drug-likeness (QED) is 0.712. The first-order chi connectivity index (χ1) is 13.0. The zero-order valence-corrected chi connectivity index (χ0v) is 15.7. The highest BCUT2D eigenvalue weighted by molar-refractivity contribution is 6.31. The normalized spacial score (nSPS) is 16.7. The highest BCUT2D eigenvalue weighted by Crippen LogP contribution is 2.30. The number of nitrogens with one attached hydrogen (secondary N) is 1. The number of benzene rings is 3. The average Bonchev–Trinajstić information content (AvgIpc) is 3.06. The lowest BCUT2D eigenvalue weighted by Gasteiger charge is -2.18. The second-order valence-corrected chi connectivity index (χ2v) is 7.26. The molecule has 136 valence electrons. The molecule has 4 nitrogen and oxygen atoms in total. The van der Waals surface area contributed by atoms with E-state index < -0.39 is 5.92 Å². The van der Waals surface area contributed by atoms with Gasteiger partial charge in [0.2, 0.25) is 11.8 Å². The molecular weight excluding hydrogens is 360 g/mol. The Morgan fingerprint density at radius 1 is 1.11 bits per heavy atom. The van der Waals surface area contributed by atoms with Crippen molar-refractivity contribution >= 4 is 45.6 Å². The Labute approximate surface area is 162 Å². The fraction of sp³-hybridized carbons (Fsp3) is 0.182. The van der Waals surface area contributed by atoms with Crippen LogP contribution in [0.1, 0.15) is 12.0 Å². The van der Waals surface area contributed by atoms with Crippen molar-refractivity contribution in [1.82, 2.24) is 0 Å². The molecule has 2 amide bonds. The predicted molar refractivity (Wildman–Crippen MR) is 109 cm³/mol. The van der Waals surface area contributed by atoms with Crippen LogP contribution in [0.25, 0.3) is 10.8 Å². The van der Waals surface area contributed by atoms with Gasteiger partial charge in [-0.15, -0.1) is 0 Å². The first-order valence-electron chi connectivity index (χ1n) is 8.88. The third-order valence-electron chi connectivity index (χ3n) is 5.01. The van der Waals surface area contributed by atoms with E-state index in [0.717, 1.165) is 27.7 Å². The van der Waals surface area contributed by atoms with E-state index in [1.807, 2.05) is 61.5 Å². The van der Waals surface area contributed by atoms with Crippen LogP contribution in [0.5, 0.6) is 0 Å². The molecule has 1 heterocycles. The molecule has 4 rings (SSSR count). The van der Waals surface area contributed by atoms with Gasteiger partial charge in [-0.2, -0.15) is 0 Å². The van der Waals surface area contributed by atoms with Gasteiger partial charge >= 0.3 is 0 Å². The van der Waals surface area contributed by atoms with E-state index in [1.165, 1.54) is 0 Å². The van der Waals surface area contributed by atoms with Crippen molar-refractivity contribution in [3.63, 3.8) is 0 Å². The maximum absolute atomic E-state index is 12.8. The lowest BCUT2D eigenvalue weighted by atomic mass is 10.1. The lowest BCUT2D eigenvalue weighted by Crippen LogP contribution is -2.28. The predicted octanol–water partition coefficient (Wildman–Crippen LogP) is 4.79. The highest BCUT2D eigenvalue weighted by Gasteiger charge is 2.35. The molecule has 0 bridgehead atoms. The Morgan fingerprint density at radius 3 is 2.70 bits per heavy atom. The molecule has 3 aromatic carbocycles. The number of fused-ring (bicyclic) bond motifs is 1. The lowest BCUT2D eigenvalue weighted by molar-refractivity contribution is -0.122. The first kappa shape index (κ1) is 17.6. The van der Waals surface area contributed by atoms with Gasteiger partial charge in [-0.3, -0.25) is 9.59 Å². The Morgan fingerprint density at radius 2 is 1.89 bits per heavy atom. The van der Waals surface area contributed by atoms with Gasteiger partial charge in [0, 0.05) is 34.7 Å². The zero-order chi connectivity index (χ0) is 19.0. The summed E-state index contributed by atoms with van der Waals surface area (Å²) in [5, 5.41) is 5.66. The van der Waals surface area contributed by atoms with Gasteiger partial charge < -0.3 is 10.2 Å². The van der Waals surface area contributed by atoms with Crippen LogP contribution in [-0.4, -0.2) is 18.4 Å². The van der Waals surface area contributed by atoms with Crippen LogP contribution in [0, 0.1) is 12.8 Å². The number of amides is 2. The summed E-state index contributed by atoms with van der Waals surface area (Å²) < 4.78 is 0. The minimum atomic E-state index is -0.392. The maximum Gasteiger partial charge on any atom is 0.229 e. The number of hydrogen-bond donors (Lipinski definition) is 1. The molecule has 0 aromatic heterocycles. The highest BCUT2D eigenvalue weighted by atomic mass is 35.5. The Balaban J connectivity index is 1.53. The summed E-state index contributed by atoms with van der Waals surface area (Å²) >= 11 is 6.18. The Hall–Kier alpha value is -2.85. The Bertz CT molecular complexity index is 1040. The number of aryl methyl sites for hydroxylation is 1. The molecule has 1 aliphatic rings. The molecule has 5 heteroatoms. The van der Waals surface area contributed by atoms with Crippen LogP contribution in [0.15, 0.2) is 60.7 Å². The van der Waals surface area contributed by atoms with E-state index in [0.29, 0.717) is 11.6 Å². The number of nitrogens with zero attached hydrogens (tertiary/aromatic N) is 1. The van der Waals surface area contributed by atoms with Crippen LogP contribution in [0.2, 0.25) is 5.02 Å². The monoisotopic (exact) mass is 378 g/mol. The van der Waals surface area contributed by atoms with Gasteiger partial charge in [-0.25, -0.2) is 0 Å². The summed E-state index contributed by atoms with van der Waals surface area (Å²) in [7, 11) is 0. The van der Waals surface area contributed by atoms with Crippen molar-refractivity contribution in [2.24, 2.45) is 5.92 Å². The van der Waals surface area contributed by atoms with E-state index >= 15 is 0 Å². The number of anilines is 2. The summed E-state index contributed by atoms with van der Waals surface area (Å²) in [6.45, 7) is 2.27. The summed E-state index contributed by atoms with van der Waals surface area (Å²) in [4.78, 5) is 26.9. The summed E-state index contributed by atoms with van der Waals surface area (Å²) in [5.41, 5.74) is 2.45. The summed E-state index contributed by atoms with van der Waals surface area (Å²) in [5.74, 6) is -0.593. The van der Waals surface area contributed by atoms with E-state index in [4.69, 9.17) is 11.6 Å². The van der Waals surface area contributed by atoms with Crippen molar-refractivity contribution in [1.29, 1.82) is 0 Å². The van der Waals surface area contributed by atoms with E-state index in [2.05, 4.69) is 5.32 Å². The molecule has 1 atom stereocenters. The van der Waals surface area contributed by atoms with Crippen molar-refractivity contribution in [2.45, 2.75) is 13.3 Å². The summed E-state index contributed by atoms with van der Waals surface area (Å²) in [6.07, 6.45) is 0.197. The number of carbonyl (C=O) groups is 2. The van der Waals surface area contributed by atoms with E-state index in [-0.39, 0.29) is 18.2 Å². The van der Waals surface area contributed by atoms with Gasteiger partial charge in [0.25, 0.3) is 0 Å². The standard InChI is InChI=1S/C22H19ClN2O2/c1-14-9-10-17(12-19(14)23)25-13-16(11-21(25)26)22(27)24-20-8-4-6-15-5-2-3-7-18(15)20/h2-10,12,16H,11,13H2,1H3,(H,24,27)/t16-/m0/s1. The number of rotatable bonds is 3. The van der Waals surface area contributed by atoms with Crippen LogP contribution in [0.3, 0.4) is 0 Å². The number of halogens is 1. The van der Waals surface area contributed by atoms with Crippen LogP contribution in [-0.2, 0) is 9.59 Å². The molecule has 27 heavy (non-hydrogen) atoms. The molecule has 0 aliphatic carbocycles. The smallest absolute Gasteiger partial charge is 0.229 e. The van der Waals surface area contributed by atoms with Crippen LogP contribution in [0.4, 0.5) is 11.4 Å². The number of carbonyl (C=O) groups excluding carboxylic acids is 2. The molecule has 3 aromatic rings. The number of hydrogen-bond acceptors (Lipinski definition) is 2. The second-order valence-electron chi connectivity index (χ2n) is 6.85. The van der Waals surface area contributed by atoms with Crippen molar-refractivity contribution < 1.29 is 9.59 Å². The van der Waals surface area contributed by atoms with E-state index in [9.17, 15) is 9.59 Å². The Kier molecular flexibility index (Phi) is 4.58. The third-order valence-corrected chi connectivity index (χ3v) is 5.42. The van der Waals surface area contributed by atoms with Gasteiger partial charge in [0.05, 0.1) is 5.92 Å². The van der Waals surface area contributed by atoms with Gasteiger partial charge in [0.15, 0.2) is 0 Å². The fourth-order valence-electron chi connectivity index (χ4n) is 3.45. The van der Waals surface area contributed by atoms with Gasteiger partial charge in [0.1, 0.15) is 0 Å².